The quantitative estimate of drug-likeness (QED) is 0.380. The first-order valence-corrected chi connectivity index (χ1v) is 11.4. The number of thioether (sulfide) groups is 1. The first kappa shape index (κ1) is 22.1. The Balaban J connectivity index is 1.58. The molecule has 1 aliphatic rings. The van der Waals surface area contributed by atoms with Gasteiger partial charge in [-0.2, -0.15) is 0 Å². The molecule has 3 N–H and O–H groups in total. The Morgan fingerprint density at radius 2 is 1.97 bits per heavy atom. The van der Waals surface area contributed by atoms with Crippen LogP contribution in [-0.4, -0.2) is 21.8 Å². The maximum atomic E-state index is 12.9. The first-order chi connectivity index (χ1) is 15.3. The fourth-order valence-corrected chi connectivity index (χ4v) is 4.58. The number of fused-ring (bicyclic) bond motifs is 1. The Morgan fingerprint density at radius 3 is 2.72 bits per heavy atom. The number of nitrogens with one attached hydrogen (secondary N) is 3. The molecule has 9 heteroatoms. The highest BCUT2D eigenvalue weighted by molar-refractivity contribution is 7.98. The van der Waals surface area contributed by atoms with Gasteiger partial charge in [0.15, 0.2) is 5.16 Å². The monoisotopic (exact) mass is 468 g/mol. The smallest absolute Gasteiger partial charge is 0.257 e. The molecule has 0 radical (unpaired) electrons. The molecule has 32 heavy (non-hydrogen) atoms. The molecule has 2 aromatic carbocycles. The van der Waals surface area contributed by atoms with Gasteiger partial charge in [-0.05, 0) is 42.7 Å². The maximum Gasteiger partial charge on any atom is 0.257 e. The number of aryl methyl sites for hydroxylation is 2. The van der Waals surface area contributed by atoms with Gasteiger partial charge >= 0.3 is 0 Å². The van der Waals surface area contributed by atoms with Crippen LogP contribution in [0.15, 0.2) is 52.4 Å². The summed E-state index contributed by atoms with van der Waals surface area (Å²) in [5.41, 5.74) is 3.35. The van der Waals surface area contributed by atoms with Gasteiger partial charge < -0.3 is 15.6 Å². The summed E-state index contributed by atoms with van der Waals surface area (Å²) in [6.45, 7) is 3.87. The van der Waals surface area contributed by atoms with Gasteiger partial charge in [0, 0.05) is 22.9 Å². The number of hydrogen-bond acceptors (Lipinski definition) is 5. The third-order valence-corrected chi connectivity index (χ3v) is 6.64. The highest BCUT2D eigenvalue weighted by Gasteiger charge is 2.34. The standard InChI is InChI=1S/C23H21ClN4O3S/c1-12-5-3-4-6-14(12)11-32-23-27-20-19(22(31)28-23)16(10-18(29)26-20)21(30)25-15-8-7-13(2)17(24)9-15/h3-9,16H,10-11H2,1-2H3,(H,25,30)(H2,26,27,28,29,31)/t16-/m1/s1. The van der Waals surface area contributed by atoms with Gasteiger partial charge in [0.05, 0.1) is 11.5 Å². The van der Waals surface area contributed by atoms with Crippen molar-refractivity contribution in [1.29, 1.82) is 0 Å². The molecule has 2 heterocycles. The van der Waals surface area contributed by atoms with Crippen molar-refractivity contribution in [3.8, 4) is 0 Å². The SMILES string of the molecule is Cc1ccc(NC(=O)[C@@H]2CC(=O)Nc3nc(SCc4ccccc4C)[nH]c(=O)c32)cc1Cl. The van der Waals surface area contributed by atoms with E-state index in [-0.39, 0.29) is 23.7 Å². The number of amides is 2. The molecule has 1 aliphatic heterocycles. The summed E-state index contributed by atoms with van der Waals surface area (Å²) in [7, 11) is 0. The van der Waals surface area contributed by atoms with E-state index in [1.165, 1.54) is 11.8 Å². The third-order valence-electron chi connectivity index (χ3n) is 5.31. The molecule has 0 unspecified atom stereocenters. The van der Waals surface area contributed by atoms with E-state index in [9.17, 15) is 14.4 Å². The fraction of sp³-hybridized carbons (Fsp3) is 0.217. The average Bonchev–Trinajstić information content (AvgIpc) is 2.75. The number of H-pyrrole nitrogens is 1. The van der Waals surface area contributed by atoms with Crippen LogP contribution in [0, 0.1) is 13.8 Å². The molecule has 0 spiro atoms. The molecule has 0 aliphatic carbocycles. The lowest BCUT2D eigenvalue weighted by molar-refractivity contribution is -0.123. The van der Waals surface area contributed by atoms with Gasteiger partial charge in [-0.25, -0.2) is 4.98 Å². The van der Waals surface area contributed by atoms with Crippen LogP contribution in [0.2, 0.25) is 5.02 Å². The molecule has 1 aromatic heterocycles. The molecule has 0 saturated heterocycles. The minimum Gasteiger partial charge on any atom is -0.325 e. The van der Waals surface area contributed by atoms with Crippen molar-refractivity contribution in [1.82, 2.24) is 9.97 Å². The molecule has 164 valence electrons. The summed E-state index contributed by atoms with van der Waals surface area (Å²) in [6, 6.07) is 13.1. The van der Waals surface area contributed by atoms with Crippen molar-refractivity contribution in [2.45, 2.75) is 37.1 Å². The summed E-state index contributed by atoms with van der Waals surface area (Å²) in [4.78, 5) is 45.2. The van der Waals surface area contributed by atoms with Crippen LogP contribution < -0.4 is 16.2 Å². The van der Waals surface area contributed by atoms with Crippen LogP contribution >= 0.6 is 23.4 Å². The van der Waals surface area contributed by atoms with Crippen molar-refractivity contribution in [2.24, 2.45) is 0 Å². The number of aromatic amines is 1. The number of nitrogens with zero attached hydrogens (tertiary/aromatic N) is 1. The Kier molecular flexibility index (Phi) is 6.34. The van der Waals surface area contributed by atoms with E-state index in [1.54, 1.807) is 18.2 Å². The van der Waals surface area contributed by atoms with Gasteiger partial charge in [0.2, 0.25) is 11.8 Å². The summed E-state index contributed by atoms with van der Waals surface area (Å²) in [6.07, 6.45) is -0.140. The summed E-state index contributed by atoms with van der Waals surface area (Å²) >= 11 is 7.49. The number of anilines is 2. The first-order valence-electron chi connectivity index (χ1n) is 10.00. The predicted octanol–water partition coefficient (Wildman–Crippen LogP) is 4.40. The van der Waals surface area contributed by atoms with Crippen LogP contribution in [-0.2, 0) is 15.3 Å². The Labute approximate surface area is 194 Å². The maximum absolute atomic E-state index is 12.9. The molecule has 0 bridgehead atoms. The van der Waals surface area contributed by atoms with Gasteiger partial charge in [0.1, 0.15) is 5.82 Å². The third kappa shape index (κ3) is 4.71. The topological polar surface area (TPSA) is 104 Å². The molecule has 3 aromatic rings. The van der Waals surface area contributed by atoms with Crippen molar-refractivity contribution in [3.63, 3.8) is 0 Å². The predicted molar refractivity (Wildman–Crippen MR) is 126 cm³/mol. The minimum atomic E-state index is -0.953. The number of carbonyl (C=O) groups is 2. The highest BCUT2D eigenvalue weighted by atomic mass is 35.5. The van der Waals surface area contributed by atoms with Crippen molar-refractivity contribution >= 4 is 46.7 Å². The molecular formula is C23H21ClN4O3S. The zero-order valence-corrected chi connectivity index (χ0v) is 19.1. The molecular weight excluding hydrogens is 448 g/mol. The van der Waals surface area contributed by atoms with E-state index in [0.717, 1.165) is 16.7 Å². The van der Waals surface area contributed by atoms with Crippen molar-refractivity contribution in [3.05, 3.63) is 80.1 Å². The van der Waals surface area contributed by atoms with E-state index in [4.69, 9.17) is 11.6 Å². The summed E-state index contributed by atoms with van der Waals surface area (Å²) in [5.74, 6) is -1.05. The molecule has 2 amide bonds. The normalized spacial score (nSPS) is 15.1. The van der Waals surface area contributed by atoms with Crippen molar-refractivity contribution in [2.75, 3.05) is 10.6 Å². The minimum absolute atomic E-state index is 0.124. The van der Waals surface area contributed by atoms with Crippen LogP contribution in [0.4, 0.5) is 11.5 Å². The Hall–Kier alpha value is -3.10. The zero-order valence-electron chi connectivity index (χ0n) is 17.5. The number of hydrogen-bond donors (Lipinski definition) is 3. The summed E-state index contributed by atoms with van der Waals surface area (Å²) in [5, 5.41) is 6.27. The zero-order chi connectivity index (χ0) is 22.8. The fourth-order valence-electron chi connectivity index (χ4n) is 3.46. The van der Waals surface area contributed by atoms with E-state index in [0.29, 0.717) is 21.6 Å². The number of benzene rings is 2. The van der Waals surface area contributed by atoms with Crippen LogP contribution in [0.5, 0.6) is 0 Å². The number of aromatic nitrogens is 2. The lowest BCUT2D eigenvalue weighted by atomic mass is 9.92. The number of rotatable bonds is 5. The van der Waals surface area contributed by atoms with E-state index in [2.05, 4.69) is 20.6 Å². The molecule has 4 rings (SSSR count). The molecule has 7 nitrogen and oxygen atoms in total. The van der Waals surface area contributed by atoms with Crippen LogP contribution in [0.25, 0.3) is 0 Å². The molecule has 0 fully saturated rings. The van der Waals surface area contributed by atoms with E-state index >= 15 is 0 Å². The van der Waals surface area contributed by atoms with Crippen molar-refractivity contribution < 1.29 is 9.59 Å². The van der Waals surface area contributed by atoms with E-state index in [1.807, 2.05) is 38.1 Å². The molecule has 0 saturated carbocycles. The van der Waals surface area contributed by atoms with Gasteiger partial charge in [-0.3, -0.25) is 14.4 Å². The lowest BCUT2D eigenvalue weighted by Gasteiger charge is -2.23. The second-order valence-electron chi connectivity index (χ2n) is 7.61. The number of halogens is 1. The molecule has 1 atom stereocenters. The second-order valence-corrected chi connectivity index (χ2v) is 8.98. The van der Waals surface area contributed by atoms with Gasteiger partial charge in [-0.1, -0.05) is 53.7 Å². The number of carbonyl (C=O) groups excluding carboxylic acids is 2. The largest absolute Gasteiger partial charge is 0.325 e. The van der Waals surface area contributed by atoms with Crippen LogP contribution in [0.3, 0.4) is 0 Å². The van der Waals surface area contributed by atoms with Gasteiger partial charge in [-0.15, -0.1) is 0 Å². The van der Waals surface area contributed by atoms with Crippen LogP contribution in [0.1, 0.15) is 34.6 Å². The Bertz CT molecular complexity index is 1270. The second kappa shape index (κ2) is 9.18. The van der Waals surface area contributed by atoms with E-state index < -0.39 is 17.4 Å². The highest BCUT2D eigenvalue weighted by Crippen LogP contribution is 2.31. The Morgan fingerprint density at radius 1 is 1.19 bits per heavy atom. The van der Waals surface area contributed by atoms with Gasteiger partial charge in [0.25, 0.3) is 5.56 Å². The lowest BCUT2D eigenvalue weighted by Crippen LogP contribution is -2.36. The summed E-state index contributed by atoms with van der Waals surface area (Å²) < 4.78 is 0. The average molecular weight is 469 g/mol.